The molecule has 0 aliphatic heterocycles. The first-order valence-electron chi connectivity index (χ1n) is 5.65. The van der Waals surface area contributed by atoms with Crippen molar-refractivity contribution in [2.45, 2.75) is 37.7 Å². The van der Waals surface area contributed by atoms with Crippen LogP contribution in [0.1, 0.15) is 26.7 Å². The van der Waals surface area contributed by atoms with Crippen molar-refractivity contribution in [1.29, 1.82) is 0 Å². The largest absolute Gasteiger partial charge is 0.489 e. The lowest BCUT2D eigenvalue weighted by atomic mass is 10.2. The first-order valence-corrected chi connectivity index (χ1v) is 7.96. The first-order chi connectivity index (χ1) is 8.75. The molecule has 1 rings (SSSR count). The third-order valence-electron chi connectivity index (χ3n) is 2.42. The van der Waals surface area contributed by atoms with Gasteiger partial charge in [-0.3, -0.25) is 10.1 Å². The highest BCUT2D eigenvalue weighted by atomic mass is 35.7. The summed E-state index contributed by atoms with van der Waals surface area (Å²) in [6.07, 6.45) is 1.40. The van der Waals surface area contributed by atoms with Gasteiger partial charge in [0.15, 0.2) is 0 Å². The van der Waals surface area contributed by atoms with Crippen LogP contribution in [0.4, 0.5) is 5.69 Å². The van der Waals surface area contributed by atoms with E-state index in [1.165, 1.54) is 12.1 Å². The van der Waals surface area contributed by atoms with Crippen LogP contribution in [0.3, 0.4) is 0 Å². The lowest BCUT2D eigenvalue weighted by Gasteiger charge is -2.15. The molecule has 0 aromatic heterocycles. The van der Waals surface area contributed by atoms with Gasteiger partial charge in [-0.1, -0.05) is 13.3 Å². The van der Waals surface area contributed by atoms with Crippen molar-refractivity contribution in [3.63, 3.8) is 0 Å². The molecule has 0 radical (unpaired) electrons. The van der Waals surface area contributed by atoms with Gasteiger partial charge in [-0.05, 0) is 19.4 Å². The molecule has 1 aromatic rings. The smallest absolute Gasteiger partial charge is 0.271 e. The summed E-state index contributed by atoms with van der Waals surface area (Å²) in [5.74, 6) is 0.0292. The van der Waals surface area contributed by atoms with Crippen molar-refractivity contribution in [3.05, 3.63) is 28.3 Å². The van der Waals surface area contributed by atoms with Crippen LogP contribution in [0.15, 0.2) is 23.1 Å². The normalized spacial score (nSPS) is 13.0. The summed E-state index contributed by atoms with van der Waals surface area (Å²) in [6.45, 7) is 3.75. The average Bonchev–Trinajstić information content (AvgIpc) is 2.27. The van der Waals surface area contributed by atoms with Crippen molar-refractivity contribution in [1.82, 2.24) is 0 Å². The molecule has 0 fully saturated rings. The zero-order valence-corrected chi connectivity index (χ0v) is 12.1. The number of hydrogen-bond donors (Lipinski definition) is 0. The highest BCUT2D eigenvalue weighted by molar-refractivity contribution is 8.13. The minimum absolute atomic E-state index is 0.0292. The Morgan fingerprint density at radius 1 is 1.47 bits per heavy atom. The molecule has 0 aliphatic rings. The third kappa shape index (κ3) is 4.36. The van der Waals surface area contributed by atoms with Crippen LogP contribution in [-0.2, 0) is 9.05 Å². The van der Waals surface area contributed by atoms with Gasteiger partial charge in [0.1, 0.15) is 10.6 Å². The summed E-state index contributed by atoms with van der Waals surface area (Å²) in [4.78, 5) is 9.57. The molecule has 1 atom stereocenters. The summed E-state index contributed by atoms with van der Waals surface area (Å²) >= 11 is 0. The van der Waals surface area contributed by atoms with Gasteiger partial charge >= 0.3 is 0 Å². The van der Waals surface area contributed by atoms with Crippen molar-refractivity contribution in [2.75, 3.05) is 0 Å². The molecule has 0 amide bonds. The Hall–Kier alpha value is -1.34. The molecule has 0 saturated heterocycles. The number of halogens is 1. The maximum Gasteiger partial charge on any atom is 0.271 e. The molecule has 0 spiro atoms. The van der Waals surface area contributed by atoms with E-state index in [-0.39, 0.29) is 22.4 Å². The van der Waals surface area contributed by atoms with Crippen molar-refractivity contribution in [3.8, 4) is 5.75 Å². The monoisotopic (exact) mass is 307 g/mol. The number of non-ortho nitro benzene ring substituents is 1. The summed E-state index contributed by atoms with van der Waals surface area (Å²) in [5.41, 5.74) is -0.352. The minimum atomic E-state index is -4.11. The van der Waals surface area contributed by atoms with Crippen LogP contribution in [-0.4, -0.2) is 19.4 Å². The predicted octanol–water partition coefficient (Wildman–Crippen LogP) is 3.09. The van der Waals surface area contributed by atoms with Gasteiger partial charge in [-0.15, -0.1) is 0 Å². The SMILES string of the molecule is CCCC(C)Oc1ccc([N+](=O)[O-])cc1S(=O)(=O)Cl. The summed E-state index contributed by atoms with van der Waals surface area (Å²) in [7, 11) is 1.16. The number of hydrogen-bond acceptors (Lipinski definition) is 5. The third-order valence-corrected chi connectivity index (χ3v) is 3.77. The van der Waals surface area contributed by atoms with Crippen LogP contribution in [0.25, 0.3) is 0 Å². The number of nitro groups is 1. The molecular weight excluding hydrogens is 294 g/mol. The lowest BCUT2D eigenvalue weighted by molar-refractivity contribution is -0.385. The molecule has 19 heavy (non-hydrogen) atoms. The maximum absolute atomic E-state index is 11.4. The predicted molar refractivity (Wildman–Crippen MR) is 71.1 cm³/mol. The Balaban J connectivity index is 3.21. The van der Waals surface area contributed by atoms with Gasteiger partial charge in [0.05, 0.1) is 11.0 Å². The zero-order chi connectivity index (χ0) is 14.6. The molecule has 1 unspecified atom stereocenters. The highest BCUT2D eigenvalue weighted by Gasteiger charge is 2.22. The number of nitrogens with zero attached hydrogens (tertiary/aromatic N) is 1. The van der Waals surface area contributed by atoms with Gasteiger partial charge in [0, 0.05) is 22.8 Å². The molecule has 8 heteroatoms. The molecule has 1 aromatic carbocycles. The van der Waals surface area contributed by atoms with E-state index in [1.807, 2.05) is 6.92 Å². The Labute approximate surface area is 115 Å². The number of ether oxygens (including phenoxy) is 1. The van der Waals surface area contributed by atoms with Gasteiger partial charge in [-0.2, -0.15) is 0 Å². The number of benzene rings is 1. The lowest BCUT2D eigenvalue weighted by Crippen LogP contribution is -2.13. The van der Waals surface area contributed by atoms with Crippen LogP contribution in [0.2, 0.25) is 0 Å². The molecule has 0 heterocycles. The van der Waals surface area contributed by atoms with Crippen LogP contribution in [0, 0.1) is 10.1 Å². The quantitative estimate of drug-likeness (QED) is 0.458. The van der Waals surface area contributed by atoms with Crippen molar-refractivity contribution in [2.24, 2.45) is 0 Å². The van der Waals surface area contributed by atoms with Gasteiger partial charge in [0.2, 0.25) is 0 Å². The summed E-state index contributed by atoms with van der Waals surface area (Å²) < 4.78 is 28.3. The van der Waals surface area contributed by atoms with Crippen LogP contribution in [0.5, 0.6) is 5.75 Å². The average molecular weight is 308 g/mol. The second-order valence-corrected chi connectivity index (χ2v) is 6.58. The van der Waals surface area contributed by atoms with E-state index in [1.54, 1.807) is 6.92 Å². The topological polar surface area (TPSA) is 86.5 Å². The molecule has 0 N–H and O–H groups in total. The summed E-state index contributed by atoms with van der Waals surface area (Å²) in [6, 6.07) is 3.33. The minimum Gasteiger partial charge on any atom is -0.489 e. The fourth-order valence-corrected chi connectivity index (χ4v) is 2.56. The Morgan fingerprint density at radius 2 is 2.11 bits per heavy atom. The zero-order valence-electron chi connectivity index (χ0n) is 10.5. The number of rotatable bonds is 6. The fourth-order valence-electron chi connectivity index (χ4n) is 1.58. The fraction of sp³-hybridized carbons (Fsp3) is 0.455. The van der Waals surface area contributed by atoms with E-state index < -0.39 is 14.0 Å². The van der Waals surface area contributed by atoms with Gasteiger partial charge in [0.25, 0.3) is 14.7 Å². The van der Waals surface area contributed by atoms with Gasteiger partial charge < -0.3 is 4.74 Å². The Kier molecular flexibility index (Phi) is 5.13. The van der Waals surface area contributed by atoms with E-state index in [0.717, 1.165) is 18.9 Å². The van der Waals surface area contributed by atoms with Crippen molar-refractivity contribution >= 4 is 25.4 Å². The standard InChI is InChI=1S/C11H14ClNO5S/c1-3-4-8(2)18-10-6-5-9(13(14)15)7-11(10)19(12,16)17/h5-8H,3-4H2,1-2H3. The molecule has 0 saturated carbocycles. The van der Waals surface area contributed by atoms with E-state index in [4.69, 9.17) is 15.4 Å². The van der Waals surface area contributed by atoms with E-state index in [9.17, 15) is 18.5 Å². The van der Waals surface area contributed by atoms with Crippen LogP contribution < -0.4 is 4.74 Å². The van der Waals surface area contributed by atoms with Gasteiger partial charge in [-0.25, -0.2) is 8.42 Å². The first kappa shape index (κ1) is 15.7. The molecular formula is C11H14ClNO5S. The second-order valence-electron chi connectivity index (χ2n) is 4.04. The van der Waals surface area contributed by atoms with Crippen molar-refractivity contribution < 1.29 is 18.1 Å². The summed E-state index contributed by atoms with van der Waals surface area (Å²) in [5, 5.41) is 10.6. The molecule has 0 bridgehead atoms. The number of nitro benzene ring substituents is 1. The van der Waals surface area contributed by atoms with E-state index in [0.29, 0.717) is 0 Å². The highest BCUT2D eigenvalue weighted by Crippen LogP contribution is 2.31. The molecule has 0 aliphatic carbocycles. The molecule has 6 nitrogen and oxygen atoms in total. The Morgan fingerprint density at radius 3 is 2.58 bits per heavy atom. The van der Waals surface area contributed by atoms with Crippen LogP contribution >= 0.6 is 10.7 Å². The molecule has 106 valence electrons. The van der Waals surface area contributed by atoms with E-state index >= 15 is 0 Å². The Bertz CT molecular complexity index is 572. The second kappa shape index (κ2) is 6.21. The maximum atomic E-state index is 11.4. The van der Waals surface area contributed by atoms with E-state index in [2.05, 4.69) is 0 Å².